The van der Waals surface area contributed by atoms with Crippen LogP contribution in [0.15, 0.2) is 33.6 Å². The number of unbranched alkanes of at least 4 members (excludes halogenated alkanes) is 1. The Bertz CT molecular complexity index is 660. The molecule has 0 atom stereocenters. The molecule has 0 spiro atoms. The smallest absolute Gasteiger partial charge is 0.326 e. The minimum absolute atomic E-state index is 0.135. The number of thiocarbonyl (C=S) groups is 1. The van der Waals surface area contributed by atoms with Gasteiger partial charge in [0.25, 0.3) is 5.91 Å². The van der Waals surface area contributed by atoms with Gasteiger partial charge in [0.15, 0.2) is 0 Å². The Morgan fingerprint density at radius 2 is 2.26 bits per heavy atom. The van der Waals surface area contributed by atoms with E-state index in [4.69, 9.17) is 17.0 Å². The molecule has 0 aliphatic carbocycles. The molecule has 0 saturated carbocycles. The number of benzene rings is 1. The number of hydrogen-bond acceptors (Lipinski definition) is 5. The van der Waals surface area contributed by atoms with Gasteiger partial charge < -0.3 is 4.74 Å². The fourth-order valence-corrected chi connectivity index (χ4v) is 3.56. The fraction of sp³-hybridized carbons (Fsp3) is 0.312. The topological polar surface area (TPSA) is 46.6 Å². The number of halogens is 1. The molecule has 23 heavy (non-hydrogen) atoms. The van der Waals surface area contributed by atoms with Crippen LogP contribution in [0.1, 0.15) is 25.3 Å². The minimum atomic E-state index is -0.432. The lowest BCUT2D eigenvalue weighted by atomic mass is 10.2. The molecule has 1 aliphatic heterocycles. The van der Waals surface area contributed by atoms with Gasteiger partial charge in [-0.15, -0.1) is 0 Å². The number of carbonyl (C=O) groups is 2. The van der Waals surface area contributed by atoms with Crippen molar-refractivity contribution in [2.45, 2.75) is 19.8 Å². The van der Waals surface area contributed by atoms with Crippen LogP contribution in [0.4, 0.5) is 0 Å². The first-order chi connectivity index (χ1) is 11.0. The average Bonchev–Trinajstić information content (AvgIpc) is 2.75. The van der Waals surface area contributed by atoms with Gasteiger partial charge in [-0.1, -0.05) is 65.4 Å². The van der Waals surface area contributed by atoms with Crippen molar-refractivity contribution in [1.82, 2.24) is 4.90 Å². The number of thioether (sulfide) groups is 1. The van der Waals surface area contributed by atoms with Crippen LogP contribution in [0, 0.1) is 0 Å². The second kappa shape index (κ2) is 8.61. The monoisotopic (exact) mass is 413 g/mol. The van der Waals surface area contributed by atoms with Crippen molar-refractivity contribution >= 4 is 62.2 Å². The fourth-order valence-electron chi connectivity index (χ4n) is 1.89. The SMILES string of the molecule is CCCCOC(=O)CN1C(=O)C(=Cc2cccc(Br)c2)SC1=S. The van der Waals surface area contributed by atoms with E-state index in [9.17, 15) is 9.59 Å². The van der Waals surface area contributed by atoms with Gasteiger partial charge in [0.1, 0.15) is 10.9 Å². The summed E-state index contributed by atoms with van der Waals surface area (Å²) >= 11 is 9.79. The van der Waals surface area contributed by atoms with Gasteiger partial charge >= 0.3 is 5.97 Å². The van der Waals surface area contributed by atoms with Crippen molar-refractivity contribution in [3.05, 3.63) is 39.2 Å². The lowest BCUT2D eigenvalue weighted by Crippen LogP contribution is -2.34. The second-order valence-corrected chi connectivity index (χ2v) is 7.49. The Hall–Kier alpha value is -1.18. The molecule has 2 rings (SSSR count). The first-order valence-electron chi connectivity index (χ1n) is 7.18. The molecule has 0 unspecified atom stereocenters. The van der Waals surface area contributed by atoms with Crippen LogP contribution in [0.25, 0.3) is 6.08 Å². The van der Waals surface area contributed by atoms with Crippen molar-refractivity contribution in [1.29, 1.82) is 0 Å². The first kappa shape index (κ1) is 18.2. The summed E-state index contributed by atoms with van der Waals surface area (Å²) in [4.78, 5) is 26.0. The van der Waals surface area contributed by atoms with E-state index in [1.807, 2.05) is 31.2 Å². The Morgan fingerprint density at radius 1 is 1.48 bits per heavy atom. The molecule has 1 aliphatic rings. The zero-order valence-corrected chi connectivity index (χ0v) is 15.8. The molecular formula is C16H16BrNO3S2. The molecule has 1 heterocycles. The summed E-state index contributed by atoms with van der Waals surface area (Å²) in [6.45, 7) is 2.25. The van der Waals surface area contributed by atoms with Crippen LogP contribution < -0.4 is 0 Å². The Balaban J connectivity index is 2.03. The van der Waals surface area contributed by atoms with Crippen molar-refractivity contribution < 1.29 is 14.3 Å². The normalized spacial score (nSPS) is 16.3. The van der Waals surface area contributed by atoms with E-state index in [0.717, 1.165) is 22.9 Å². The highest BCUT2D eigenvalue weighted by Gasteiger charge is 2.33. The highest BCUT2D eigenvalue weighted by atomic mass is 79.9. The third kappa shape index (κ3) is 5.16. The van der Waals surface area contributed by atoms with E-state index in [-0.39, 0.29) is 12.5 Å². The lowest BCUT2D eigenvalue weighted by molar-refractivity contribution is -0.146. The van der Waals surface area contributed by atoms with E-state index in [2.05, 4.69) is 15.9 Å². The van der Waals surface area contributed by atoms with Gasteiger partial charge in [-0.25, -0.2) is 0 Å². The standard InChI is InChI=1S/C16H16BrNO3S2/c1-2-3-7-21-14(19)10-18-15(20)13(23-16(18)22)9-11-5-4-6-12(17)8-11/h4-6,8-9H,2-3,7,10H2,1H3. The maximum absolute atomic E-state index is 12.4. The maximum Gasteiger partial charge on any atom is 0.326 e. The predicted molar refractivity (Wildman–Crippen MR) is 99.9 cm³/mol. The number of rotatable bonds is 6. The summed E-state index contributed by atoms with van der Waals surface area (Å²) in [6, 6.07) is 7.61. The Kier molecular flexibility index (Phi) is 6.80. The van der Waals surface area contributed by atoms with Crippen molar-refractivity contribution in [3.63, 3.8) is 0 Å². The van der Waals surface area contributed by atoms with E-state index in [1.54, 1.807) is 6.08 Å². The molecule has 0 aromatic heterocycles. The minimum Gasteiger partial charge on any atom is -0.464 e. The molecule has 1 aromatic carbocycles. The van der Waals surface area contributed by atoms with Gasteiger partial charge in [0.2, 0.25) is 0 Å². The molecule has 0 radical (unpaired) electrons. The maximum atomic E-state index is 12.4. The zero-order chi connectivity index (χ0) is 16.8. The zero-order valence-electron chi connectivity index (χ0n) is 12.6. The van der Waals surface area contributed by atoms with Gasteiger partial charge in [-0.05, 0) is 30.2 Å². The number of nitrogens with zero attached hydrogens (tertiary/aromatic N) is 1. The second-order valence-electron chi connectivity index (χ2n) is 4.90. The average molecular weight is 414 g/mol. The summed E-state index contributed by atoms with van der Waals surface area (Å²) in [5.74, 6) is -0.689. The number of ether oxygens (including phenoxy) is 1. The van der Waals surface area contributed by atoms with Crippen molar-refractivity contribution in [3.8, 4) is 0 Å². The van der Waals surface area contributed by atoms with Gasteiger partial charge in [0.05, 0.1) is 11.5 Å². The molecule has 4 nitrogen and oxygen atoms in total. The van der Waals surface area contributed by atoms with Crippen molar-refractivity contribution in [2.24, 2.45) is 0 Å². The van der Waals surface area contributed by atoms with E-state index in [1.165, 1.54) is 16.7 Å². The highest BCUT2D eigenvalue weighted by molar-refractivity contribution is 9.10. The largest absolute Gasteiger partial charge is 0.464 e. The highest BCUT2D eigenvalue weighted by Crippen LogP contribution is 2.32. The summed E-state index contributed by atoms with van der Waals surface area (Å²) in [7, 11) is 0. The summed E-state index contributed by atoms with van der Waals surface area (Å²) in [5, 5.41) is 0. The van der Waals surface area contributed by atoms with Crippen LogP contribution in [0.3, 0.4) is 0 Å². The number of esters is 1. The summed E-state index contributed by atoms with van der Waals surface area (Å²) in [6.07, 6.45) is 3.53. The van der Waals surface area contributed by atoms with Gasteiger partial charge in [-0.2, -0.15) is 0 Å². The predicted octanol–water partition coefficient (Wildman–Crippen LogP) is 3.99. The molecular weight excluding hydrogens is 398 g/mol. The summed E-state index contributed by atoms with van der Waals surface area (Å²) in [5.41, 5.74) is 0.894. The Labute approximate surface area is 153 Å². The van der Waals surface area contributed by atoms with E-state index < -0.39 is 5.97 Å². The number of carbonyl (C=O) groups excluding carboxylic acids is 2. The van der Waals surface area contributed by atoms with E-state index >= 15 is 0 Å². The van der Waals surface area contributed by atoms with Crippen LogP contribution in [-0.4, -0.2) is 34.2 Å². The summed E-state index contributed by atoms with van der Waals surface area (Å²) < 4.78 is 6.39. The quantitative estimate of drug-likeness (QED) is 0.305. The van der Waals surface area contributed by atoms with Gasteiger partial charge in [0, 0.05) is 4.47 Å². The molecule has 7 heteroatoms. The van der Waals surface area contributed by atoms with Crippen LogP contribution in [0.5, 0.6) is 0 Å². The molecule has 1 saturated heterocycles. The molecule has 0 N–H and O–H groups in total. The third-order valence-corrected chi connectivity index (χ3v) is 4.94. The first-order valence-corrected chi connectivity index (χ1v) is 9.19. The molecule has 122 valence electrons. The van der Waals surface area contributed by atoms with E-state index in [0.29, 0.717) is 15.8 Å². The van der Waals surface area contributed by atoms with Crippen LogP contribution >= 0.6 is 39.9 Å². The van der Waals surface area contributed by atoms with Gasteiger partial charge in [-0.3, -0.25) is 14.5 Å². The molecule has 0 bridgehead atoms. The number of hydrogen-bond donors (Lipinski definition) is 0. The third-order valence-electron chi connectivity index (χ3n) is 3.07. The van der Waals surface area contributed by atoms with Crippen LogP contribution in [-0.2, 0) is 14.3 Å². The molecule has 1 fully saturated rings. The Morgan fingerprint density at radius 3 is 2.96 bits per heavy atom. The number of amides is 1. The van der Waals surface area contributed by atoms with Crippen LogP contribution in [0.2, 0.25) is 0 Å². The molecule has 1 amide bonds. The van der Waals surface area contributed by atoms with Crippen molar-refractivity contribution in [2.75, 3.05) is 13.2 Å². The lowest BCUT2D eigenvalue weighted by Gasteiger charge is -2.13. The molecule has 1 aromatic rings.